The van der Waals surface area contributed by atoms with Crippen molar-refractivity contribution < 1.29 is 9.53 Å². The molecular weight excluding hydrogens is 284 g/mol. The van der Waals surface area contributed by atoms with Crippen LogP contribution in [0.2, 0.25) is 4.34 Å². The Morgan fingerprint density at radius 1 is 1.53 bits per heavy atom. The summed E-state index contributed by atoms with van der Waals surface area (Å²) in [6.45, 7) is 7.28. The number of carbonyl (C=O) groups is 1. The van der Waals surface area contributed by atoms with E-state index < -0.39 is 5.60 Å². The van der Waals surface area contributed by atoms with Gasteiger partial charge in [-0.15, -0.1) is 11.3 Å². The van der Waals surface area contributed by atoms with E-state index in [4.69, 9.17) is 22.1 Å². The van der Waals surface area contributed by atoms with Crippen LogP contribution in [-0.4, -0.2) is 23.1 Å². The number of rotatable bonds is 1. The van der Waals surface area contributed by atoms with Gasteiger partial charge >= 0.3 is 6.09 Å². The van der Waals surface area contributed by atoms with E-state index in [2.05, 4.69) is 0 Å². The fraction of sp³-hybridized carbons (Fsp3) is 0.615. The normalized spacial score (nSPS) is 15.3. The van der Waals surface area contributed by atoms with Crippen LogP contribution in [-0.2, 0) is 24.2 Å². The first-order valence-corrected chi connectivity index (χ1v) is 7.48. The molecule has 0 atom stereocenters. The molecule has 0 saturated carbocycles. The van der Waals surface area contributed by atoms with E-state index in [1.807, 2.05) is 20.8 Å². The molecule has 0 unspecified atom stereocenters. The second-order valence-electron chi connectivity index (χ2n) is 5.61. The van der Waals surface area contributed by atoms with E-state index in [9.17, 15) is 4.79 Å². The van der Waals surface area contributed by atoms with E-state index in [0.717, 1.165) is 21.2 Å². The fourth-order valence-corrected chi connectivity index (χ4v) is 3.71. The average Bonchev–Trinajstić information content (AvgIpc) is 2.60. The van der Waals surface area contributed by atoms with Crippen LogP contribution in [0.5, 0.6) is 0 Å². The minimum absolute atomic E-state index is 0.267. The maximum atomic E-state index is 12.0. The average molecular weight is 303 g/mol. The van der Waals surface area contributed by atoms with E-state index in [1.165, 1.54) is 16.9 Å². The van der Waals surface area contributed by atoms with Crippen molar-refractivity contribution in [2.45, 2.75) is 45.9 Å². The Labute approximate surface area is 122 Å². The summed E-state index contributed by atoms with van der Waals surface area (Å²) in [5.41, 5.74) is 7.50. The summed E-state index contributed by atoms with van der Waals surface area (Å²) in [7, 11) is 0. The van der Waals surface area contributed by atoms with E-state index in [-0.39, 0.29) is 6.09 Å². The molecule has 1 aromatic rings. The molecule has 0 saturated heterocycles. The van der Waals surface area contributed by atoms with Crippen molar-refractivity contribution in [1.29, 1.82) is 0 Å². The number of halogens is 1. The molecule has 1 aliphatic heterocycles. The fourth-order valence-electron chi connectivity index (χ4n) is 2.12. The zero-order chi connectivity index (χ0) is 14.2. The topological polar surface area (TPSA) is 55.6 Å². The van der Waals surface area contributed by atoms with Gasteiger partial charge in [0.05, 0.1) is 10.9 Å². The number of hydrogen-bond acceptors (Lipinski definition) is 4. The molecule has 2 N–H and O–H groups in total. The summed E-state index contributed by atoms with van der Waals surface area (Å²) in [5.74, 6) is 0. The third-order valence-corrected chi connectivity index (χ3v) is 4.48. The van der Waals surface area contributed by atoms with Gasteiger partial charge in [0.25, 0.3) is 0 Å². The van der Waals surface area contributed by atoms with Gasteiger partial charge < -0.3 is 15.4 Å². The molecule has 6 heteroatoms. The summed E-state index contributed by atoms with van der Waals surface area (Å²) in [4.78, 5) is 14.9. The number of ether oxygens (including phenoxy) is 1. The third kappa shape index (κ3) is 3.22. The van der Waals surface area contributed by atoms with Gasteiger partial charge in [-0.1, -0.05) is 11.6 Å². The molecule has 2 heterocycles. The molecule has 106 valence electrons. The second kappa shape index (κ2) is 5.31. The molecule has 4 nitrogen and oxygen atoms in total. The molecule has 19 heavy (non-hydrogen) atoms. The van der Waals surface area contributed by atoms with Gasteiger partial charge in [0.2, 0.25) is 0 Å². The number of fused-ring (bicyclic) bond motifs is 1. The third-order valence-electron chi connectivity index (χ3n) is 2.97. The molecule has 0 bridgehead atoms. The SMILES string of the molecule is CC(C)(C)OC(=O)N1CCc2c(sc(Cl)c2CN)C1. The highest BCUT2D eigenvalue weighted by atomic mass is 35.5. The lowest BCUT2D eigenvalue weighted by Gasteiger charge is -2.30. The van der Waals surface area contributed by atoms with Crippen LogP contribution in [0, 0.1) is 0 Å². The molecular formula is C13H19ClN2O2S. The Balaban J connectivity index is 2.12. The van der Waals surface area contributed by atoms with Crippen LogP contribution in [0.3, 0.4) is 0 Å². The predicted molar refractivity (Wildman–Crippen MR) is 77.6 cm³/mol. The number of amides is 1. The first-order chi connectivity index (χ1) is 8.81. The van der Waals surface area contributed by atoms with Gasteiger partial charge in [0.15, 0.2) is 0 Å². The summed E-state index contributed by atoms with van der Waals surface area (Å²) in [5, 5.41) is 0. The first-order valence-electron chi connectivity index (χ1n) is 6.28. The number of nitrogens with two attached hydrogens (primary N) is 1. The quantitative estimate of drug-likeness (QED) is 0.867. The van der Waals surface area contributed by atoms with Gasteiger partial charge in [0.1, 0.15) is 5.60 Å². The first kappa shape index (κ1) is 14.6. The lowest BCUT2D eigenvalue weighted by molar-refractivity contribution is 0.0226. The molecule has 0 spiro atoms. The maximum absolute atomic E-state index is 12.0. The highest BCUT2D eigenvalue weighted by molar-refractivity contribution is 7.16. The van der Waals surface area contributed by atoms with Crippen molar-refractivity contribution in [2.24, 2.45) is 5.73 Å². The number of carbonyl (C=O) groups excluding carboxylic acids is 1. The van der Waals surface area contributed by atoms with Crippen molar-refractivity contribution in [1.82, 2.24) is 4.90 Å². The molecule has 1 aromatic heterocycles. The number of hydrogen-bond donors (Lipinski definition) is 1. The van der Waals surface area contributed by atoms with Crippen molar-refractivity contribution in [3.8, 4) is 0 Å². The molecule has 0 aromatic carbocycles. The molecule has 1 aliphatic rings. The standard InChI is InChI=1S/C13H19ClN2O2S/c1-13(2,3)18-12(17)16-5-4-8-9(6-15)11(14)19-10(8)7-16/h4-7,15H2,1-3H3. The van der Waals surface area contributed by atoms with Crippen molar-refractivity contribution in [3.05, 3.63) is 20.3 Å². The highest BCUT2D eigenvalue weighted by Gasteiger charge is 2.28. The van der Waals surface area contributed by atoms with Gasteiger partial charge in [-0.25, -0.2) is 4.79 Å². The van der Waals surface area contributed by atoms with Crippen LogP contribution in [0.1, 0.15) is 36.8 Å². The number of thiophene rings is 1. The monoisotopic (exact) mass is 302 g/mol. The highest BCUT2D eigenvalue weighted by Crippen LogP contribution is 2.36. The van der Waals surface area contributed by atoms with Gasteiger partial charge in [-0.05, 0) is 38.3 Å². The Morgan fingerprint density at radius 3 is 2.79 bits per heavy atom. The van der Waals surface area contributed by atoms with Gasteiger partial charge in [-0.2, -0.15) is 0 Å². The van der Waals surface area contributed by atoms with E-state index in [0.29, 0.717) is 19.6 Å². The lowest BCUT2D eigenvalue weighted by Crippen LogP contribution is -2.39. The summed E-state index contributed by atoms with van der Waals surface area (Å²) in [6, 6.07) is 0. The molecule has 0 fully saturated rings. The Morgan fingerprint density at radius 2 is 2.21 bits per heavy atom. The summed E-state index contributed by atoms with van der Waals surface area (Å²) >= 11 is 7.69. The van der Waals surface area contributed by atoms with Crippen molar-refractivity contribution in [2.75, 3.05) is 6.54 Å². The zero-order valence-electron chi connectivity index (χ0n) is 11.5. The number of nitrogens with zero attached hydrogens (tertiary/aromatic N) is 1. The van der Waals surface area contributed by atoms with Crippen molar-refractivity contribution in [3.63, 3.8) is 0 Å². The van der Waals surface area contributed by atoms with Crippen LogP contribution in [0.15, 0.2) is 0 Å². The van der Waals surface area contributed by atoms with Crippen molar-refractivity contribution >= 4 is 29.0 Å². The van der Waals surface area contributed by atoms with Gasteiger partial charge in [-0.3, -0.25) is 0 Å². The van der Waals surface area contributed by atoms with Crippen LogP contribution >= 0.6 is 22.9 Å². The Hall–Kier alpha value is -0.780. The predicted octanol–water partition coefficient (Wildman–Crippen LogP) is 3.15. The zero-order valence-corrected chi connectivity index (χ0v) is 13.0. The van der Waals surface area contributed by atoms with E-state index in [1.54, 1.807) is 4.90 Å². The Kier molecular flexibility index (Phi) is 4.08. The van der Waals surface area contributed by atoms with Gasteiger partial charge in [0, 0.05) is 18.0 Å². The van der Waals surface area contributed by atoms with Crippen LogP contribution in [0.25, 0.3) is 0 Å². The largest absolute Gasteiger partial charge is 0.444 e. The summed E-state index contributed by atoms with van der Waals surface area (Å²) < 4.78 is 6.14. The molecule has 0 radical (unpaired) electrons. The summed E-state index contributed by atoms with van der Waals surface area (Å²) in [6.07, 6.45) is 0.529. The Bertz CT molecular complexity index is 494. The minimum Gasteiger partial charge on any atom is -0.444 e. The smallest absolute Gasteiger partial charge is 0.410 e. The minimum atomic E-state index is -0.465. The molecule has 0 aliphatic carbocycles. The molecule has 1 amide bonds. The van der Waals surface area contributed by atoms with Crippen LogP contribution in [0.4, 0.5) is 4.79 Å². The second-order valence-corrected chi connectivity index (χ2v) is 7.32. The lowest BCUT2D eigenvalue weighted by atomic mass is 10.0. The maximum Gasteiger partial charge on any atom is 0.410 e. The molecule has 2 rings (SSSR count). The van der Waals surface area contributed by atoms with E-state index >= 15 is 0 Å². The van der Waals surface area contributed by atoms with Crippen LogP contribution < -0.4 is 5.73 Å².